The summed E-state index contributed by atoms with van der Waals surface area (Å²) in [4.78, 5) is 29.1. The van der Waals surface area contributed by atoms with Crippen LogP contribution in [0, 0.1) is 0 Å². The number of carboxylic acid groups (broad SMARTS) is 3. The van der Waals surface area contributed by atoms with Crippen LogP contribution in [0.3, 0.4) is 0 Å². The van der Waals surface area contributed by atoms with Crippen LogP contribution in [0.15, 0.2) is 12.4 Å². The number of ether oxygens (including phenoxy) is 1. The first kappa shape index (κ1) is 35.1. The first-order valence-electron chi connectivity index (χ1n) is 9.73. The number of carboxylic acids is 3. The topological polar surface area (TPSA) is 171 Å². The fraction of sp³-hybridized carbons (Fsp3) is 0.500. The average Bonchev–Trinajstić information content (AvgIpc) is 3.45. The Hall–Kier alpha value is -3.88. The summed E-state index contributed by atoms with van der Waals surface area (Å²) in [6.07, 6.45) is -11.3. The number of aromatic nitrogens is 4. The smallest absolute Gasteiger partial charge is 0.475 e. The molecule has 39 heavy (non-hydrogen) atoms. The van der Waals surface area contributed by atoms with Crippen LogP contribution >= 0.6 is 0 Å². The average molecular weight is 589 g/mol. The molecule has 1 aliphatic rings. The highest BCUT2D eigenvalue weighted by Gasteiger charge is 2.39. The molecular formula is C18H20F9N5O7. The van der Waals surface area contributed by atoms with Gasteiger partial charge in [-0.2, -0.15) is 49.7 Å². The highest BCUT2D eigenvalue weighted by Crippen LogP contribution is 2.25. The molecule has 0 amide bonds. The maximum Gasteiger partial charge on any atom is 0.490 e. The van der Waals surface area contributed by atoms with Gasteiger partial charge in [0.1, 0.15) is 0 Å². The van der Waals surface area contributed by atoms with Crippen LogP contribution in [0.5, 0.6) is 0 Å². The molecule has 12 nitrogen and oxygen atoms in total. The zero-order valence-corrected chi connectivity index (χ0v) is 19.6. The number of aromatic amines is 1. The fourth-order valence-electron chi connectivity index (χ4n) is 2.44. The van der Waals surface area contributed by atoms with Crippen LogP contribution in [0.1, 0.15) is 22.5 Å². The lowest BCUT2D eigenvalue weighted by Gasteiger charge is -2.13. The Kier molecular flexibility index (Phi) is 12.9. The number of alkyl halides is 9. The Morgan fingerprint density at radius 1 is 0.923 bits per heavy atom. The van der Waals surface area contributed by atoms with E-state index in [0.717, 1.165) is 25.3 Å². The summed E-state index contributed by atoms with van der Waals surface area (Å²) in [6, 6.07) is 0. The zero-order chi connectivity index (χ0) is 30.8. The van der Waals surface area contributed by atoms with Gasteiger partial charge in [0.05, 0.1) is 24.2 Å². The van der Waals surface area contributed by atoms with Gasteiger partial charge in [-0.15, -0.1) is 0 Å². The van der Waals surface area contributed by atoms with Crippen LogP contribution in [0.2, 0.25) is 0 Å². The van der Waals surface area contributed by atoms with E-state index in [9.17, 15) is 39.5 Å². The van der Waals surface area contributed by atoms with E-state index in [1.165, 1.54) is 16.8 Å². The van der Waals surface area contributed by atoms with Crippen molar-refractivity contribution in [1.29, 1.82) is 0 Å². The molecule has 0 fully saturated rings. The molecule has 2 aromatic rings. The Morgan fingerprint density at radius 3 is 1.69 bits per heavy atom. The van der Waals surface area contributed by atoms with E-state index in [1.54, 1.807) is 7.11 Å². The van der Waals surface area contributed by atoms with Crippen LogP contribution in [0.25, 0.3) is 0 Å². The van der Waals surface area contributed by atoms with E-state index in [4.69, 9.17) is 34.4 Å². The number of fused-ring (bicyclic) bond motifs is 1. The van der Waals surface area contributed by atoms with Gasteiger partial charge in [0.25, 0.3) is 0 Å². The molecule has 4 N–H and O–H groups in total. The number of nitrogens with one attached hydrogen (secondary N) is 1. The maximum absolute atomic E-state index is 10.6. The SMILES string of the molecule is COCc1n[nH]c2c1CN(Cc1cnn(C)c1)C2.O=C(O)C(F)(F)F.O=C(O)C(F)(F)F.O=C(O)C(F)(F)F. The lowest BCUT2D eigenvalue weighted by Crippen LogP contribution is -2.21. The number of aryl methyl sites for hydroxylation is 1. The van der Waals surface area contributed by atoms with E-state index >= 15 is 0 Å². The molecule has 222 valence electrons. The summed E-state index contributed by atoms with van der Waals surface area (Å²) < 4.78 is 102. The number of hydrogen-bond acceptors (Lipinski definition) is 7. The third kappa shape index (κ3) is 13.5. The summed E-state index contributed by atoms with van der Waals surface area (Å²) in [7, 11) is 3.64. The zero-order valence-electron chi connectivity index (χ0n) is 19.6. The molecule has 1 aliphatic heterocycles. The predicted octanol–water partition coefficient (Wildman–Crippen LogP) is 2.71. The van der Waals surface area contributed by atoms with E-state index in [0.29, 0.717) is 6.61 Å². The molecule has 21 heteroatoms. The highest BCUT2D eigenvalue weighted by atomic mass is 19.4. The molecular weight excluding hydrogens is 569 g/mol. The number of methoxy groups -OCH3 is 1. The van der Waals surface area contributed by atoms with Gasteiger partial charge in [0, 0.05) is 51.1 Å². The van der Waals surface area contributed by atoms with Gasteiger partial charge >= 0.3 is 36.4 Å². The molecule has 0 aliphatic carbocycles. The first-order valence-corrected chi connectivity index (χ1v) is 9.73. The van der Waals surface area contributed by atoms with Crippen LogP contribution in [0.4, 0.5) is 39.5 Å². The standard InChI is InChI=1S/C12H17N5O.3C2HF3O2/c1-16-4-9(3-13-16)5-17-6-10-11(7-17)14-15-12(10)8-18-2;3*3-2(4,5)1(6)7/h3-4H,5-8H2,1-2H3,(H,14,15);3*(H,6,7). The van der Waals surface area contributed by atoms with E-state index in [-0.39, 0.29) is 0 Å². The van der Waals surface area contributed by atoms with Gasteiger partial charge in [-0.1, -0.05) is 0 Å². The summed E-state index contributed by atoms with van der Waals surface area (Å²) in [5, 5.41) is 32.9. The van der Waals surface area contributed by atoms with Crippen molar-refractivity contribution in [3.63, 3.8) is 0 Å². The van der Waals surface area contributed by atoms with Crippen molar-refractivity contribution in [2.45, 2.75) is 44.8 Å². The Labute approximate surface area is 211 Å². The van der Waals surface area contributed by atoms with E-state index in [1.807, 2.05) is 17.9 Å². The summed E-state index contributed by atoms with van der Waals surface area (Å²) in [5.74, 6) is -8.27. The molecule has 3 rings (SSSR count). The molecule has 0 saturated carbocycles. The molecule has 3 heterocycles. The van der Waals surface area contributed by atoms with Gasteiger partial charge in [-0.05, 0) is 0 Å². The lowest BCUT2D eigenvalue weighted by molar-refractivity contribution is -0.193. The molecule has 2 aromatic heterocycles. The minimum Gasteiger partial charge on any atom is -0.475 e. The van der Waals surface area contributed by atoms with E-state index in [2.05, 4.69) is 26.4 Å². The van der Waals surface area contributed by atoms with Crippen molar-refractivity contribution in [2.24, 2.45) is 7.05 Å². The van der Waals surface area contributed by atoms with Crippen molar-refractivity contribution in [3.05, 3.63) is 34.9 Å². The normalized spacial score (nSPS) is 13.1. The second-order valence-corrected chi connectivity index (χ2v) is 7.14. The molecule has 0 radical (unpaired) electrons. The minimum atomic E-state index is -5.08. The first-order chi connectivity index (χ1) is 17.6. The molecule has 0 atom stereocenters. The van der Waals surface area contributed by atoms with Crippen molar-refractivity contribution in [2.75, 3.05) is 7.11 Å². The Balaban J connectivity index is 0.000000576. The van der Waals surface area contributed by atoms with Crippen molar-refractivity contribution < 1.29 is 74.0 Å². The summed E-state index contributed by atoms with van der Waals surface area (Å²) >= 11 is 0. The van der Waals surface area contributed by atoms with Crippen molar-refractivity contribution >= 4 is 17.9 Å². The molecule has 0 bridgehead atoms. The summed E-state index contributed by atoms with van der Waals surface area (Å²) in [5.41, 5.74) is 4.77. The molecule has 0 unspecified atom stereocenters. The van der Waals surface area contributed by atoms with Gasteiger partial charge in [-0.3, -0.25) is 14.7 Å². The second-order valence-electron chi connectivity index (χ2n) is 7.14. The van der Waals surface area contributed by atoms with Gasteiger partial charge < -0.3 is 20.1 Å². The number of carbonyl (C=O) groups is 3. The van der Waals surface area contributed by atoms with Crippen LogP contribution < -0.4 is 0 Å². The number of aliphatic carboxylic acids is 3. The van der Waals surface area contributed by atoms with Crippen molar-refractivity contribution in [3.8, 4) is 0 Å². The lowest BCUT2D eigenvalue weighted by atomic mass is 10.2. The van der Waals surface area contributed by atoms with E-state index < -0.39 is 36.4 Å². The number of rotatable bonds is 4. The molecule has 0 spiro atoms. The van der Waals surface area contributed by atoms with Gasteiger partial charge in [-0.25, -0.2) is 14.4 Å². The fourth-order valence-corrected chi connectivity index (χ4v) is 2.44. The monoisotopic (exact) mass is 589 g/mol. The van der Waals surface area contributed by atoms with Gasteiger partial charge in [0.2, 0.25) is 0 Å². The van der Waals surface area contributed by atoms with Gasteiger partial charge in [0.15, 0.2) is 0 Å². The largest absolute Gasteiger partial charge is 0.490 e. The Bertz CT molecular complexity index is 1040. The van der Waals surface area contributed by atoms with Crippen LogP contribution in [-0.2, 0) is 52.4 Å². The predicted molar refractivity (Wildman–Crippen MR) is 107 cm³/mol. The number of hydrogen-bond donors (Lipinski definition) is 4. The number of H-pyrrole nitrogens is 1. The quantitative estimate of drug-likeness (QED) is 0.389. The van der Waals surface area contributed by atoms with Crippen molar-refractivity contribution in [1.82, 2.24) is 24.9 Å². The third-order valence-electron chi connectivity index (χ3n) is 3.97. The molecule has 0 saturated heterocycles. The summed E-state index contributed by atoms with van der Waals surface area (Å²) in [6.45, 7) is 3.34. The van der Waals surface area contributed by atoms with Crippen LogP contribution in [-0.4, -0.2) is 83.7 Å². The molecule has 0 aromatic carbocycles. The second kappa shape index (κ2) is 14.3. The number of halogens is 9. The minimum absolute atomic E-state index is 0.576. The maximum atomic E-state index is 10.6. The number of nitrogens with zero attached hydrogens (tertiary/aromatic N) is 4. The Morgan fingerprint density at radius 2 is 1.36 bits per heavy atom. The highest BCUT2D eigenvalue weighted by molar-refractivity contribution is 5.73. The third-order valence-corrected chi connectivity index (χ3v) is 3.97.